The van der Waals surface area contributed by atoms with Crippen molar-refractivity contribution in [3.05, 3.63) is 64.8 Å². The van der Waals surface area contributed by atoms with E-state index in [1.807, 2.05) is 24.3 Å². The molecule has 1 fully saturated rings. The molecule has 3 heterocycles. The molecule has 27 heavy (non-hydrogen) atoms. The molecule has 1 saturated heterocycles. The first kappa shape index (κ1) is 18.4. The summed E-state index contributed by atoms with van der Waals surface area (Å²) in [7, 11) is 2.19. The smallest absolute Gasteiger partial charge is 0.123 e. The first-order chi connectivity index (χ1) is 13.0. The molecule has 1 aliphatic heterocycles. The van der Waals surface area contributed by atoms with Crippen LogP contribution in [0.3, 0.4) is 0 Å². The van der Waals surface area contributed by atoms with Crippen LogP contribution < -0.4 is 0 Å². The van der Waals surface area contributed by atoms with E-state index in [9.17, 15) is 4.39 Å². The van der Waals surface area contributed by atoms with Gasteiger partial charge >= 0.3 is 0 Å². The van der Waals surface area contributed by atoms with Crippen molar-refractivity contribution >= 4 is 15.9 Å². The zero-order valence-electron chi connectivity index (χ0n) is 15.5. The van der Waals surface area contributed by atoms with E-state index in [0.29, 0.717) is 12.0 Å². The highest BCUT2D eigenvalue weighted by Crippen LogP contribution is 2.38. The Hall–Kier alpha value is -1.98. The van der Waals surface area contributed by atoms with Gasteiger partial charge in [0.2, 0.25) is 0 Å². The number of rotatable bonds is 3. The molecule has 3 aromatic rings. The van der Waals surface area contributed by atoms with E-state index in [2.05, 4.69) is 50.8 Å². The third-order valence-corrected chi connectivity index (χ3v) is 6.09. The fraction of sp³-hybridized carbons (Fsp3) is 0.318. The van der Waals surface area contributed by atoms with E-state index in [1.54, 1.807) is 6.20 Å². The zero-order valence-corrected chi connectivity index (χ0v) is 17.1. The van der Waals surface area contributed by atoms with Crippen LogP contribution in [0.2, 0.25) is 0 Å². The molecule has 0 saturated carbocycles. The number of hydrogen-bond donors (Lipinski definition) is 1. The number of nitrogens with zero attached hydrogens (tertiary/aromatic N) is 2. The predicted molar refractivity (Wildman–Crippen MR) is 111 cm³/mol. The van der Waals surface area contributed by atoms with Gasteiger partial charge in [-0.1, -0.05) is 0 Å². The summed E-state index contributed by atoms with van der Waals surface area (Å²) >= 11 is 3.47. The molecule has 2 unspecified atom stereocenters. The van der Waals surface area contributed by atoms with Crippen molar-refractivity contribution in [1.82, 2.24) is 14.9 Å². The lowest BCUT2D eigenvalue weighted by atomic mass is 9.89. The highest BCUT2D eigenvalue weighted by molar-refractivity contribution is 9.10. The maximum Gasteiger partial charge on any atom is 0.123 e. The molecule has 3 nitrogen and oxygen atoms in total. The summed E-state index contributed by atoms with van der Waals surface area (Å²) in [5.74, 6) is 0.289. The Morgan fingerprint density at radius 2 is 1.93 bits per heavy atom. The lowest BCUT2D eigenvalue weighted by molar-refractivity contribution is 0.181. The standard InChI is InChI=1S/C22H23BrFN3/c1-14-11-17(8-10-27(14)2)20-13-19(16-7-9-25-21(23)12-16)22(26-20)15-3-5-18(24)6-4-15/h3-7,9,12-14,17,26H,8,10-11H2,1-2H3. The van der Waals surface area contributed by atoms with Crippen LogP contribution in [-0.4, -0.2) is 34.5 Å². The molecule has 0 aliphatic carbocycles. The second kappa shape index (κ2) is 7.56. The van der Waals surface area contributed by atoms with E-state index < -0.39 is 0 Å². The van der Waals surface area contributed by atoms with Gasteiger partial charge in [-0.3, -0.25) is 0 Å². The number of pyridine rings is 1. The van der Waals surface area contributed by atoms with Gasteiger partial charge in [0.1, 0.15) is 10.4 Å². The summed E-state index contributed by atoms with van der Waals surface area (Å²) in [4.78, 5) is 10.3. The number of halogens is 2. The number of hydrogen-bond acceptors (Lipinski definition) is 2. The normalized spacial score (nSPS) is 20.7. The monoisotopic (exact) mass is 427 g/mol. The number of aromatic nitrogens is 2. The molecule has 0 radical (unpaired) electrons. The molecule has 4 rings (SSSR count). The Morgan fingerprint density at radius 3 is 2.63 bits per heavy atom. The van der Waals surface area contributed by atoms with E-state index in [4.69, 9.17) is 0 Å². The molecule has 2 aromatic heterocycles. The molecule has 0 spiro atoms. The summed E-state index contributed by atoms with van der Waals surface area (Å²) in [6, 6.07) is 13.6. The largest absolute Gasteiger partial charge is 0.358 e. The van der Waals surface area contributed by atoms with Crippen molar-refractivity contribution in [2.75, 3.05) is 13.6 Å². The predicted octanol–water partition coefficient (Wildman–Crippen LogP) is 5.84. The van der Waals surface area contributed by atoms with E-state index in [0.717, 1.165) is 46.4 Å². The van der Waals surface area contributed by atoms with Gasteiger partial charge in [-0.05, 0) is 103 Å². The molecule has 2 atom stereocenters. The van der Waals surface area contributed by atoms with Crippen molar-refractivity contribution in [1.29, 1.82) is 0 Å². The van der Waals surface area contributed by atoms with Crippen LogP contribution >= 0.6 is 15.9 Å². The number of benzene rings is 1. The number of H-pyrrole nitrogens is 1. The summed E-state index contributed by atoms with van der Waals surface area (Å²) < 4.78 is 14.2. The number of likely N-dealkylation sites (tertiary alicyclic amines) is 1. The quantitative estimate of drug-likeness (QED) is 0.532. The summed E-state index contributed by atoms with van der Waals surface area (Å²) in [5.41, 5.74) is 5.52. The van der Waals surface area contributed by atoms with Crippen LogP contribution in [0.4, 0.5) is 4.39 Å². The molecule has 5 heteroatoms. The van der Waals surface area contributed by atoms with Crippen molar-refractivity contribution < 1.29 is 4.39 Å². The zero-order chi connectivity index (χ0) is 19.0. The van der Waals surface area contributed by atoms with Gasteiger partial charge in [-0.2, -0.15) is 0 Å². The van der Waals surface area contributed by atoms with E-state index in [1.165, 1.54) is 17.8 Å². The van der Waals surface area contributed by atoms with Gasteiger partial charge in [-0.25, -0.2) is 9.37 Å². The summed E-state index contributed by atoms with van der Waals surface area (Å²) in [5, 5.41) is 0. The first-order valence-electron chi connectivity index (χ1n) is 9.32. The maximum absolute atomic E-state index is 13.4. The Labute approximate surface area is 167 Å². The van der Waals surface area contributed by atoms with Crippen LogP contribution in [0.25, 0.3) is 22.4 Å². The van der Waals surface area contributed by atoms with Crippen molar-refractivity contribution in [3.8, 4) is 22.4 Å². The fourth-order valence-corrected chi connectivity index (χ4v) is 4.27. The Balaban J connectivity index is 1.78. The average Bonchev–Trinajstić information content (AvgIpc) is 3.10. The Bertz CT molecular complexity index is 935. The molecule has 0 bridgehead atoms. The van der Waals surface area contributed by atoms with Gasteiger partial charge < -0.3 is 9.88 Å². The lowest BCUT2D eigenvalue weighted by Crippen LogP contribution is -2.36. The maximum atomic E-state index is 13.4. The molecule has 140 valence electrons. The second-order valence-corrected chi connectivity index (χ2v) is 8.25. The minimum absolute atomic E-state index is 0.220. The van der Waals surface area contributed by atoms with Crippen LogP contribution in [0.1, 0.15) is 31.4 Å². The first-order valence-corrected chi connectivity index (χ1v) is 10.1. The van der Waals surface area contributed by atoms with Crippen LogP contribution in [0, 0.1) is 5.82 Å². The van der Waals surface area contributed by atoms with E-state index in [-0.39, 0.29) is 5.82 Å². The van der Waals surface area contributed by atoms with Crippen LogP contribution in [0.5, 0.6) is 0 Å². The fourth-order valence-electron chi connectivity index (χ4n) is 3.91. The average molecular weight is 428 g/mol. The highest BCUT2D eigenvalue weighted by Gasteiger charge is 2.26. The number of aromatic amines is 1. The van der Waals surface area contributed by atoms with Crippen LogP contribution in [0.15, 0.2) is 53.3 Å². The minimum atomic E-state index is -0.220. The summed E-state index contributed by atoms with van der Waals surface area (Å²) in [6.45, 7) is 3.39. The Morgan fingerprint density at radius 1 is 1.15 bits per heavy atom. The molecule has 1 N–H and O–H groups in total. The highest BCUT2D eigenvalue weighted by atomic mass is 79.9. The summed E-state index contributed by atoms with van der Waals surface area (Å²) in [6.07, 6.45) is 4.08. The van der Waals surface area contributed by atoms with Crippen molar-refractivity contribution in [3.63, 3.8) is 0 Å². The third kappa shape index (κ3) is 3.85. The van der Waals surface area contributed by atoms with Crippen molar-refractivity contribution in [2.45, 2.75) is 31.7 Å². The number of nitrogens with one attached hydrogen (secondary N) is 1. The number of piperidine rings is 1. The SMILES string of the molecule is CC1CC(c2cc(-c3ccnc(Br)c3)c(-c3ccc(F)cc3)[nH]2)CCN1C. The molecule has 1 aliphatic rings. The van der Waals surface area contributed by atoms with E-state index >= 15 is 0 Å². The van der Waals surface area contributed by atoms with Gasteiger partial charge in [0, 0.05) is 29.4 Å². The molecular formula is C22H23BrFN3. The van der Waals surface area contributed by atoms with Gasteiger partial charge in [0.05, 0.1) is 5.69 Å². The second-order valence-electron chi connectivity index (χ2n) is 7.44. The Kier molecular flexibility index (Phi) is 5.15. The molecular weight excluding hydrogens is 405 g/mol. The lowest BCUT2D eigenvalue weighted by Gasteiger charge is -2.34. The van der Waals surface area contributed by atoms with Gasteiger partial charge in [0.15, 0.2) is 0 Å². The molecule has 0 amide bonds. The molecule has 1 aromatic carbocycles. The van der Waals surface area contributed by atoms with Crippen LogP contribution in [-0.2, 0) is 0 Å². The van der Waals surface area contributed by atoms with Gasteiger partial charge in [0.25, 0.3) is 0 Å². The minimum Gasteiger partial charge on any atom is -0.358 e. The topological polar surface area (TPSA) is 31.9 Å². The van der Waals surface area contributed by atoms with Gasteiger partial charge in [-0.15, -0.1) is 0 Å². The van der Waals surface area contributed by atoms with Crippen molar-refractivity contribution in [2.24, 2.45) is 0 Å². The third-order valence-electron chi connectivity index (χ3n) is 5.66.